The van der Waals surface area contributed by atoms with E-state index in [1.54, 1.807) is 18.5 Å². The Hall–Kier alpha value is -2.18. The standard InChI is InChI=1S/C15H10BrN3O2/c16-9-3-4-11-10(8-9)13(12-2-1-7-21-12)18-15(20)14-17-5-6-19(11)14/h1-8,15,20H. The molecule has 0 saturated heterocycles. The van der Waals surface area contributed by atoms with Crippen molar-refractivity contribution in [1.82, 2.24) is 9.55 Å². The molecule has 0 spiro atoms. The summed E-state index contributed by atoms with van der Waals surface area (Å²) in [5.41, 5.74) is 2.38. The van der Waals surface area contributed by atoms with Crippen molar-refractivity contribution in [3.8, 4) is 5.69 Å². The number of fused-ring (bicyclic) bond motifs is 3. The summed E-state index contributed by atoms with van der Waals surface area (Å²) < 4.78 is 8.23. The molecule has 1 aliphatic heterocycles. The third kappa shape index (κ3) is 1.95. The number of rotatable bonds is 1. The smallest absolute Gasteiger partial charge is 0.205 e. The first-order valence-corrected chi connectivity index (χ1v) is 7.16. The number of hydrogen-bond donors (Lipinski definition) is 1. The Labute approximate surface area is 128 Å². The number of halogens is 1. The van der Waals surface area contributed by atoms with Crippen LogP contribution in [-0.4, -0.2) is 20.4 Å². The van der Waals surface area contributed by atoms with E-state index in [-0.39, 0.29) is 0 Å². The van der Waals surface area contributed by atoms with Crippen molar-refractivity contribution in [2.75, 3.05) is 0 Å². The maximum atomic E-state index is 10.3. The highest BCUT2D eigenvalue weighted by Crippen LogP contribution is 2.30. The van der Waals surface area contributed by atoms with Crippen molar-refractivity contribution in [3.05, 3.63) is 70.6 Å². The summed E-state index contributed by atoms with van der Waals surface area (Å²) in [6.45, 7) is 0. The Bertz CT molecular complexity index is 836. The molecule has 3 heterocycles. The fraction of sp³-hybridized carbons (Fsp3) is 0.0667. The lowest BCUT2D eigenvalue weighted by Crippen LogP contribution is -2.06. The van der Waals surface area contributed by atoms with Gasteiger partial charge in [0.15, 0.2) is 11.6 Å². The summed E-state index contributed by atoms with van der Waals surface area (Å²) in [4.78, 5) is 8.59. The van der Waals surface area contributed by atoms with Crippen molar-refractivity contribution in [2.45, 2.75) is 6.23 Å². The number of hydrogen-bond acceptors (Lipinski definition) is 4. The van der Waals surface area contributed by atoms with Crippen molar-refractivity contribution >= 4 is 21.6 Å². The van der Waals surface area contributed by atoms with Crippen LogP contribution >= 0.6 is 15.9 Å². The van der Waals surface area contributed by atoms with Crippen molar-refractivity contribution in [3.63, 3.8) is 0 Å². The van der Waals surface area contributed by atoms with E-state index in [0.29, 0.717) is 17.3 Å². The fourth-order valence-electron chi connectivity index (χ4n) is 2.48. The quantitative estimate of drug-likeness (QED) is 0.738. The van der Waals surface area contributed by atoms with Crippen LogP contribution in [0, 0.1) is 0 Å². The van der Waals surface area contributed by atoms with Crippen LogP contribution < -0.4 is 0 Å². The normalized spacial score (nSPS) is 16.9. The molecule has 1 aliphatic rings. The van der Waals surface area contributed by atoms with E-state index in [1.165, 1.54) is 0 Å². The predicted octanol–water partition coefficient (Wildman–Crippen LogP) is 3.07. The summed E-state index contributed by atoms with van der Waals surface area (Å²) in [6.07, 6.45) is 4.01. The van der Waals surface area contributed by atoms with Crippen molar-refractivity contribution < 1.29 is 9.52 Å². The molecule has 1 aromatic carbocycles. The predicted molar refractivity (Wildman–Crippen MR) is 80.6 cm³/mol. The van der Waals surface area contributed by atoms with Crippen molar-refractivity contribution in [1.29, 1.82) is 0 Å². The van der Waals surface area contributed by atoms with E-state index >= 15 is 0 Å². The lowest BCUT2D eigenvalue weighted by Gasteiger charge is -2.10. The largest absolute Gasteiger partial charge is 0.463 e. The first-order chi connectivity index (χ1) is 10.2. The maximum absolute atomic E-state index is 10.3. The Morgan fingerprint density at radius 1 is 1.29 bits per heavy atom. The molecule has 2 aromatic heterocycles. The first kappa shape index (κ1) is 12.6. The maximum Gasteiger partial charge on any atom is 0.205 e. The molecule has 1 N–H and O–H groups in total. The molecule has 0 saturated carbocycles. The van der Waals surface area contributed by atoms with Gasteiger partial charge in [-0.25, -0.2) is 9.98 Å². The summed E-state index contributed by atoms with van der Waals surface area (Å²) >= 11 is 3.48. The number of aliphatic imine (C=N–C) groups is 1. The van der Waals surface area contributed by atoms with Gasteiger partial charge in [0.1, 0.15) is 5.71 Å². The zero-order chi connectivity index (χ0) is 14.4. The van der Waals surface area contributed by atoms with E-state index in [4.69, 9.17) is 4.42 Å². The molecule has 1 unspecified atom stereocenters. The molecule has 1 atom stereocenters. The van der Waals surface area contributed by atoms with Crippen LogP contribution in [0.4, 0.5) is 0 Å². The van der Waals surface area contributed by atoms with Gasteiger partial charge in [-0.2, -0.15) is 0 Å². The zero-order valence-electron chi connectivity index (χ0n) is 10.8. The third-order valence-corrected chi connectivity index (χ3v) is 3.87. The van der Waals surface area contributed by atoms with Crippen LogP contribution in [0.25, 0.3) is 5.69 Å². The Morgan fingerprint density at radius 2 is 2.19 bits per heavy atom. The molecule has 21 heavy (non-hydrogen) atoms. The molecule has 104 valence electrons. The summed E-state index contributed by atoms with van der Waals surface area (Å²) in [5, 5.41) is 10.3. The lowest BCUT2D eigenvalue weighted by molar-refractivity contribution is 0.177. The van der Waals surface area contributed by atoms with E-state index < -0.39 is 6.23 Å². The first-order valence-electron chi connectivity index (χ1n) is 6.37. The second kappa shape index (κ2) is 4.68. The number of aromatic nitrogens is 2. The highest BCUT2D eigenvalue weighted by molar-refractivity contribution is 9.10. The molecule has 0 aliphatic carbocycles. The molecule has 4 rings (SSSR count). The minimum absolute atomic E-state index is 0.486. The van der Waals surface area contributed by atoms with Gasteiger partial charge in [-0.05, 0) is 30.3 Å². The monoisotopic (exact) mass is 343 g/mol. The molecule has 3 aromatic rings. The third-order valence-electron chi connectivity index (χ3n) is 3.38. The molecule has 0 bridgehead atoms. The van der Waals surface area contributed by atoms with Crippen molar-refractivity contribution in [2.24, 2.45) is 4.99 Å². The highest BCUT2D eigenvalue weighted by atomic mass is 79.9. The molecule has 5 nitrogen and oxygen atoms in total. The topological polar surface area (TPSA) is 63.6 Å². The number of aliphatic hydroxyl groups excluding tert-OH is 1. The van der Waals surface area contributed by atoms with Gasteiger partial charge in [0.25, 0.3) is 0 Å². The van der Waals surface area contributed by atoms with Gasteiger partial charge in [0.2, 0.25) is 6.23 Å². The van der Waals surface area contributed by atoms with Crippen LogP contribution in [0.3, 0.4) is 0 Å². The van der Waals surface area contributed by atoms with E-state index in [0.717, 1.165) is 15.7 Å². The summed E-state index contributed by atoms with van der Waals surface area (Å²) in [7, 11) is 0. The SMILES string of the molecule is OC1N=C(c2ccco2)c2cc(Br)ccc2-n2ccnc21. The number of nitrogens with zero attached hydrogens (tertiary/aromatic N) is 3. The zero-order valence-corrected chi connectivity index (χ0v) is 12.4. The van der Waals surface area contributed by atoms with Gasteiger partial charge in [-0.3, -0.25) is 4.57 Å². The Kier molecular flexibility index (Phi) is 2.80. The van der Waals surface area contributed by atoms with Crippen LogP contribution in [0.5, 0.6) is 0 Å². The van der Waals surface area contributed by atoms with E-state index in [2.05, 4.69) is 25.9 Å². The van der Waals surface area contributed by atoms with E-state index in [9.17, 15) is 5.11 Å². The molecular formula is C15H10BrN3O2. The van der Waals surface area contributed by atoms with E-state index in [1.807, 2.05) is 35.0 Å². The van der Waals surface area contributed by atoms with Gasteiger partial charge in [0, 0.05) is 22.4 Å². The Morgan fingerprint density at radius 3 is 3.00 bits per heavy atom. The van der Waals surface area contributed by atoms with Crippen LogP contribution in [0.15, 0.2) is 62.9 Å². The van der Waals surface area contributed by atoms with Crippen LogP contribution in [-0.2, 0) is 0 Å². The average Bonchev–Trinajstić information content (AvgIpc) is 3.14. The minimum atomic E-state index is -1.04. The second-order valence-electron chi connectivity index (χ2n) is 4.65. The molecule has 0 radical (unpaired) electrons. The number of aliphatic hydroxyl groups is 1. The number of imidazole rings is 1. The second-order valence-corrected chi connectivity index (χ2v) is 5.56. The number of furan rings is 1. The van der Waals surface area contributed by atoms with Gasteiger partial charge < -0.3 is 9.52 Å². The summed E-state index contributed by atoms with van der Waals surface area (Å²) in [5.74, 6) is 1.10. The summed E-state index contributed by atoms with van der Waals surface area (Å²) in [6, 6.07) is 9.48. The van der Waals surface area contributed by atoms with Gasteiger partial charge in [-0.15, -0.1) is 0 Å². The lowest BCUT2D eigenvalue weighted by atomic mass is 10.1. The highest BCUT2D eigenvalue weighted by Gasteiger charge is 2.25. The number of benzene rings is 1. The fourth-order valence-corrected chi connectivity index (χ4v) is 2.84. The average molecular weight is 344 g/mol. The minimum Gasteiger partial charge on any atom is -0.463 e. The van der Waals surface area contributed by atoms with Gasteiger partial charge in [0.05, 0.1) is 12.0 Å². The molecule has 0 amide bonds. The Balaban J connectivity index is 2.05. The molecular weight excluding hydrogens is 334 g/mol. The van der Waals surface area contributed by atoms with Crippen LogP contribution in [0.1, 0.15) is 23.4 Å². The molecule has 6 heteroatoms. The van der Waals surface area contributed by atoms with Gasteiger partial charge in [-0.1, -0.05) is 15.9 Å². The molecule has 0 fully saturated rings. The van der Waals surface area contributed by atoms with Gasteiger partial charge >= 0.3 is 0 Å². The van der Waals surface area contributed by atoms with Crippen LogP contribution in [0.2, 0.25) is 0 Å².